The van der Waals surface area contributed by atoms with Gasteiger partial charge in [0.05, 0.1) is 24.3 Å². The first-order chi connectivity index (χ1) is 11.4. The molecule has 3 rings (SSSR count). The molecule has 1 fully saturated rings. The quantitative estimate of drug-likeness (QED) is 0.816. The SMILES string of the molecule is CC(=O)Nc1ncc(S(=O)(=O)Nc2cnc(N3CCCC3)nc2)s1. The van der Waals surface area contributed by atoms with Gasteiger partial charge in [-0.15, -0.1) is 0 Å². The van der Waals surface area contributed by atoms with E-state index in [2.05, 4.69) is 29.9 Å². The van der Waals surface area contributed by atoms with E-state index in [1.165, 1.54) is 25.5 Å². The number of carbonyl (C=O) groups excluding carboxylic acids is 1. The Kier molecular flexibility index (Phi) is 4.62. The number of aromatic nitrogens is 3. The van der Waals surface area contributed by atoms with Crippen LogP contribution < -0.4 is 14.9 Å². The first-order valence-corrected chi connectivity index (χ1v) is 9.57. The summed E-state index contributed by atoms with van der Waals surface area (Å²) in [7, 11) is -3.80. The van der Waals surface area contributed by atoms with Gasteiger partial charge in [-0.2, -0.15) is 0 Å². The number of rotatable bonds is 5. The number of nitrogens with zero attached hydrogens (tertiary/aromatic N) is 4. The zero-order chi connectivity index (χ0) is 17.2. The zero-order valence-corrected chi connectivity index (χ0v) is 14.5. The number of amides is 1. The molecule has 0 radical (unpaired) electrons. The fraction of sp³-hybridized carbons (Fsp3) is 0.385. The standard InChI is InChI=1S/C13H16N6O3S2/c1-9(20)17-13-16-8-11(23-13)24(21,22)18-10-6-14-12(15-7-10)19-4-2-3-5-19/h6-8,18H,2-5H2,1H3,(H,16,17,20). The van der Waals surface area contributed by atoms with E-state index >= 15 is 0 Å². The van der Waals surface area contributed by atoms with E-state index in [9.17, 15) is 13.2 Å². The summed E-state index contributed by atoms with van der Waals surface area (Å²) in [5.41, 5.74) is 0.271. The molecule has 1 aliphatic rings. The Morgan fingerprint density at radius 1 is 1.17 bits per heavy atom. The molecule has 9 nitrogen and oxygen atoms in total. The largest absolute Gasteiger partial charge is 0.341 e. The van der Waals surface area contributed by atoms with Gasteiger partial charge < -0.3 is 10.2 Å². The van der Waals surface area contributed by atoms with Gasteiger partial charge in [0.15, 0.2) is 9.34 Å². The second-order valence-corrected chi connectivity index (χ2v) is 8.18. The lowest BCUT2D eigenvalue weighted by molar-refractivity contribution is -0.114. The highest BCUT2D eigenvalue weighted by molar-refractivity contribution is 7.94. The molecule has 0 aliphatic carbocycles. The fourth-order valence-corrected chi connectivity index (χ4v) is 4.36. The van der Waals surface area contributed by atoms with E-state index in [1.807, 2.05) is 0 Å². The molecule has 0 bridgehead atoms. The van der Waals surface area contributed by atoms with Crippen LogP contribution in [0.15, 0.2) is 22.8 Å². The zero-order valence-electron chi connectivity index (χ0n) is 12.9. The minimum atomic E-state index is -3.80. The predicted molar refractivity (Wildman–Crippen MR) is 90.7 cm³/mol. The molecule has 128 valence electrons. The van der Waals surface area contributed by atoms with Crippen molar-refractivity contribution in [1.29, 1.82) is 0 Å². The summed E-state index contributed by atoms with van der Waals surface area (Å²) in [5.74, 6) is 0.286. The van der Waals surface area contributed by atoms with Gasteiger partial charge >= 0.3 is 0 Å². The van der Waals surface area contributed by atoms with Gasteiger partial charge in [0.25, 0.3) is 10.0 Å². The smallest absolute Gasteiger partial charge is 0.273 e. The van der Waals surface area contributed by atoms with E-state index in [-0.39, 0.29) is 20.9 Å². The van der Waals surface area contributed by atoms with Gasteiger partial charge in [0.1, 0.15) is 0 Å². The van der Waals surface area contributed by atoms with E-state index in [0.717, 1.165) is 37.3 Å². The minimum Gasteiger partial charge on any atom is -0.341 e. The lowest BCUT2D eigenvalue weighted by Crippen LogP contribution is -2.20. The van der Waals surface area contributed by atoms with Gasteiger partial charge in [0, 0.05) is 20.0 Å². The highest BCUT2D eigenvalue weighted by atomic mass is 32.2. The molecule has 1 amide bonds. The molecule has 0 spiro atoms. The Morgan fingerprint density at radius 3 is 2.46 bits per heavy atom. The van der Waals surface area contributed by atoms with Crippen LogP contribution in [0.2, 0.25) is 0 Å². The first-order valence-electron chi connectivity index (χ1n) is 7.27. The number of sulfonamides is 1. The summed E-state index contributed by atoms with van der Waals surface area (Å²) in [5, 5.41) is 2.67. The summed E-state index contributed by atoms with van der Waals surface area (Å²) in [6.45, 7) is 3.16. The normalized spacial score (nSPS) is 14.6. The first kappa shape index (κ1) is 16.6. The van der Waals surface area contributed by atoms with Crippen molar-refractivity contribution < 1.29 is 13.2 Å². The molecule has 24 heavy (non-hydrogen) atoms. The van der Waals surface area contributed by atoms with Crippen molar-refractivity contribution in [2.75, 3.05) is 28.0 Å². The van der Waals surface area contributed by atoms with Crippen LogP contribution in [0.4, 0.5) is 16.8 Å². The fourth-order valence-electron chi connectivity index (χ4n) is 2.25. The molecule has 0 unspecified atom stereocenters. The number of anilines is 3. The Balaban J connectivity index is 1.71. The van der Waals surface area contributed by atoms with Crippen molar-refractivity contribution in [3.63, 3.8) is 0 Å². The van der Waals surface area contributed by atoms with Crippen LogP contribution in [0.25, 0.3) is 0 Å². The third kappa shape index (κ3) is 3.79. The third-order valence-corrected chi connectivity index (χ3v) is 6.07. The Bertz CT molecular complexity index is 828. The van der Waals surface area contributed by atoms with Gasteiger partial charge in [-0.3, -0.25) is 9.52 Å². The molecule has 1 aliphatic heterocycles. The monoisotopic (exact) mass is 368 g/mol. The van der Waals surface area contributed by atoms with Crippen LogP contribution in [0.5, 0.6) is 0 Å². The number of hydrogen-bond acceptors (Lipinski definition) is 8. The molecule has 11 heteroatoms. The lowest BCUT2D eigenvalue weighted by Gasteiger charge is -2.14. The van der Waals surface area contributed by atoms with Crippen molar-refractivity contribution in [2.24, 2.45) is 0 Å². The minimum absolute atomic E-state index is 0.00475. The van der Waals surface area contributed by atoms with Crippen LogP contribution in [-0.2, 0) is 14.8 Å². The molecule has 0 aromatic carbocycles. The van der Waals surface area contributed by atoms with E-state index in [0.29, 0.717) is 5.95 Å². The molecular formula is C13H16N6O3S2. The second kappa shape index (κ2) is 6.69. The van der Waals surface area contributed by atoms with Gasteiger partial charge in [0.2, 0.25) is 11.9 Å². The molecule has 2 aromatic heterocycles. The van der Waals surface area contributed by atoms with E-state index in [4.69, 9.17) is 0 Å². The molecular weight excluding hydrogens is 352 g/mol. The van der Waals surface area contributed by atoms with Crippen molar-refractivity contribution in [1.82, 2.24) is 15.0 Å². The molecule has 3 heterocycles. The van der Waals surface area contributed by atoms with Crippen LogP contribution in [-0.4, -0.2) is 42.4 Å². The third-order valence-electron chi connectivity index (χ3n) is 3.31. The summed E-state index contributed by atoms with van der Waals surface area (Å²) in [6.07, 6.45) is 6.29. The Morgan fingerprint density at radius 2 is 1.83 bits per heavy atom. The highest BCUT2D eigenvalue weighted by Gasteiger charge is 2.20. The van der Waals surface area contributed by atoms with E-state index in [1.54, 1.807) is 0 Å². The number of thiazole rings is 1. The number of nitrogens with one attached hydrogen (secondary N) is 2. The average Bonchev–Trinajstić information content (AvgIpc) is 3.18. The summed E-state index contributed by atoms with van der Waals surface area (Å²) < 4.78 is 27.0. The van der Waals surface area contributed by atoms with Crippen LogP contribution in [0.1, 0.15) is 19.8 Å². The summed E-state index contributed by atoms with van der Waals surface area (Å²) >= 11 is 0.868. The number of hydrogen-bond donors (Lipinski definition) is 2. The molecule has 0 atom stereocenters. The van der Waals surface area contributed by atoms with Crippen LogP contribution in [0, 0.1) is 0 Å². The van der Waals surface area contributed by atoms with Crippen molar-refractivity contribution in [3.05, 3.63) is 18.6 Å². The lowest BCUT2D eigenvalue weighted by atomic mass is 10.4. The molecule has 0 saturated carbocycles. The second-order valence-electron chi connectivity index (χ2n) is 5.24. The van der Waals surface area contributed by atoms with Gasteiger partial charge in [-0.25, -0.2) is 23.4 Å². The topological polar surface area (TPSA) is 117 Å². The van der Waals surface area contributed by atoms with E-state index < -0.39 is 10.0 Å². The number of carbonyl (C=O) groups is 1. The Hall–Kier alpha value is -2.27. The Labute approximate surface area is 143 Å². The van der Waals surface area contributed by atoms with Crippen molar-refractivity contribution in [3.8, 4) is 0 Å². The maximum absolute atomic E-state index is 12.3. The predicted octanol–water partition coefficient (Wildman–Crippen LogP) is 1.29. The molecule has 2 N–H and O–H groups in total. The average molecular weight is 368 g/mol. The maximum Gasteiger partial charge on any atom is 0.273 e. The summed E-state index contributed by atoms with van der Waals surface area (Å²) in [4.78, 5) is 25.3. The maximum atomic E-state index is 12.3. The molecule has 1 saturated heterocycles. The van der Waals surface area contributed by atoms with Gasteiger partial charge in [-0.05, 0) is 12.8 Å². The highest BCUT2D eigenvalue weighted by Crippen LogP contribution is 2.25. The van der Waals surface area contributed by atoms with Crippen molar-refractivity contribution >= 4 is 44.0 Å². The summed E-state index contributed by atoms with van der Waals surface area (Å²) in [6, 6.07) is 0. The van der Waals surface area contributed by atoms with Crippen LogP contribution in [0.3, 0.4) is 0 Å². The van der Waals surface area contributed by atoms with Crippen LogP contribution >= 0.6 is 11.3 Å². The van der Waals surface area contributed by atoms with Crippen molar-refractivity contribution in [2.45, 2.75) is 24.0 Å². The molecule has 2 aromatic rings. The van der Waals surface area contributed by atoms with Gasteiger partial charge in [-0.1, -0.05) is 11.3 Å².